The number of anilines is 3. The van der Waals surface area contributed by atoms with Crippen LogP contribution in [0.3, 0.4) is 0 Å². The van der Waals surface area contributed by atoms with Crippen LogP contribution in [0.25, 0.3) is 0 Å². The van der Waals surface area contributed by atoms with Crippen molar-refractivity contribution in [3.8, 4) is 0 Å². The molecule has 0 radical (unpaired) electrons. The summed E-state index contributed by atoms with van der Waals surface area (Å²) in [6.45, 7) is 2.40. The molecule has 0 unspecified atom stereocenters. The smallest absolute Gasteiger partial charge is 0.348 e. The van der Waals surface area contributed by atoms with E-state index in [1.165, 1.54) is 35.7 Å². The van der Waals surface area contributed by atoms with Gasteiger partial charge in [0.15, 0.2) is 0 Å². The predicted molar refractivity (Wildman–Crippen MR) is 144 cm³/mol. The average Bonchev–Trinajstić information content (AvgIpc) is 2.95. The van der Waals surface area contributed by atoms with Crippen molar-refractivity contribution >= 4 is 28.7 Å². The lowest BCUT2D eigenvalue weighted by molar-refractivity contribution is -0.384. The molecule has 1 aromatic heterocycles. The third-order valence-electron chi connectivity index (χ3n) is 6.51. The van der Waals surface area contributed by atoms with Crippen molar-refractivity contribution in [2.45, 2.75) is 6.04 Å². The fourth-order valence-electron chi connectivity index (χ4n) is 4.77. The number of benzene rings is 3. The summed E-state index contributed by atoms with van der Waals surface area (Å²) in [5.41, 5.74) is 2.29. The van der Waals surface area contributed by atoms with Crippen molar-refractivity contribution < 1.29 is 9.85 Å². The molecule has 5 rings (SSSR count). The number of nitrogens with zero attached hydrogens (tertiary/aromatic N) is 6. The van der Waals surface area contributed by atoms with Crippen molar-refractivity contribution in [2.24, 2.45) is 0 Å². The number of nitro groups is 2. The second-order valence-electron chi connectivity index (χ2n) is 8.83. The first-order chi connectivity index (χ1) is 18.5. The zero-order valence-electron chi connectivity index (χ0n) is 20.4. The van der Waals surface area contributed by atoms with Gasteiger partial charge < -0.3 is 10.2 Å². The fourth-order valence-corrected chi connectivity index (χ4v) is 4.77. The molecule has 1 fully saturated rings. The Kier molecular flexibility index (Phi) is 7.18. The highest BCUT2D eigenvalue weighted by atomic mass is 16.6. The van der Waals surface area contributed by atoms with Crippen molar-refractivity contribution in [2.75, 3.05) is 36.4 Å². The van der Waals surface area contributed by atoms with Crippen molar-refractivity contribution in [3.63, 3.8) is 0 Å². The summed E-state index contributed by atoms with van der Waals surface area (Å²) in [7, 11) is 0. The Labute approximate surface area is 218 Å². The summed E-state index contributed by atoms with van der Waals surface area (Å²) in [5.74, 6) is 0.197. The van der Waals surface area contributed by atoms with Gasteiger partial charge in [0.05, 0.1) is 15.9 Å². The monoisotopic (exact) mass is 511 g/mol. The quantitative estimate of drug-likeness (QED) is 0.258. The summed E-state index contributed by atoms with van der Waals surface area (Å²) < 4.78 is 0. The van der Waals surface area contributed by atoms with Gasteiger partial charge in [0.2, 0.25) is 11.6 Å². The van der Waals surface area contributed by atoms with E-state index in [2.05, 4.69) is 44.5 Å². The lowest BCUT2D eigenvalue weighted by Gasteiger charge is -2.40. The Morgan fingerprint density at radius 1 is 0.763 bits per heavy atom. The first-order valence-corrected chi connectivity index (χ1v) is 12.1. The number of piperazine rings is 1. The molecule has 0 saturated carbocycles. The van der Waals surface area contributed by atoms with Gasteiger partial charge in [-0.2, -0.15) is 0 Å². The molecule has 0 aliphatic carbocycles. The van der Waals surface area contributed by atoms with E-state index in [4.69, 9.17) is 0 Å². The Bertz CT molecular complexity index is 1390. The number of non-ortho nitro benzene ring substituents is 1. The van der Waals surface area contributed by atoms with Crippen LogP contribution in [0.1, 0.15) is 17.2 Å². The van der Waals surface area contributed by atoms with Crippen LogP contribution < -0.4 is 10.2 Å². The third kappa shape index (κ3) is 5.27. The molecule has 1 aliphatic heterocycles. The van der Waals surface area contributed by atoms with E-state index in [0.717, 1.165) is 0 Å². The van der Waals surface area contributed by atoms with Gasteiger partial charge in [0.25, 0.3) is 5.69 Å². The van der Waals surface area contributed by atoms with Gasteiger partial charge in [0.1, 0.15) is 6.33 Å². The number of nitrogens with one attached hydrogen (secondary N) is 1. The van der Waals surface area contributed by atoms with Crippen LogP contribution >= 0.6 is 0 Å². The molecular formula is C27H25N7O4. The van der Waals surface area contributed by atoms with Crippen LogP contribution in [0.2, 0.25) is 0 Å². The Balaban J connectivity index is 1.39. The third-order valence-corrected chi connectivity index (χ3v) is 6.51. The molecule has 0 spiro atoms. The van der Waals surface area contributed by atoms with E-state index in [0.29, 0.717) is 31.9 Å². The number of nitro benzene ring substituents is 1. The molecule has 3 aromatic carbocycles. The number of aromatic nitrogens is 2. The molecule has 38 heavy (non-hydrogen) atoms. The minimum Gasteiger partial charge on any atom is -0.348 e. The van der Waals surface area contributed by atoms with Gasteiger partial charge >= 0.3 is 5.69 Å². The zero-order valence-corrected chi connectivity index (χ0v) is 20.4. The highest BCUT2D eigenvalue weighted by molar-refractivity contribution is 5.75. The Hall–Kier alpha value is -4.90. The van der Waals surface area contributed by atoms with Crippen LogP contribution in [0.5, 0.6) is 0 Å². The van der Waals surface area contributed by atoms with E-state index in [-0.39, 0.29) is 29.1 Å². The second-order valence-corrected chi connectivity index (χ2v) is 8.83. The molecule has 0 amide bonds. The molecule has 2 heterocycles. The summed E-state index contributed by atoms with van der Waals surface area (Å²) >= 11 is 0. The number of rotatable bonds is 8. The van der Waals surface area contributed by atoms with Gasteiger partial charge in [-0.25, -0.2) is 9.97 Å². The van der Waals surface area contributed by atoms with Gasteiger partial charge in [-0.15, -0.1) is 0 Å². The Morgan fingerprint density at radius 3 is 1.97 bits per heavy atom. The second kappa shape index (κ2) is 11.0. The molecule has 4 aromatic rings. The Morgan fingerprint density at radius 2 is 1.39 bits per heavy atom. The molecule has 0 bridgehead atoms. The fraction of sp³-hybridized carbons (Fsp3) is 0.185. The first kappa shape index (κ1) is 24.8. The molecule has 1 aliphatic rings. The van der Waals surface area contributed by atoms with Crippen molar-refractivity contribution in [1.82, 2.24) is 14.9 Å². The molecule has 1 saturated heterocycles. The molecular weight excluding hydrogens is 486 g/mol. The van der Waals surface area contributed by atoms with E-state index in [1.807, 2.05) is 41.3 Å². The molecule has 11 heteroatoms. The highest BCUT2D eigenvalue weighted by Crippen LogP contribution is 2.36. The number of hydrogen-bond donors (Lipinski definition) is 1. The van der Waals surface area contributed by atoms with Crippen molar-refractivity contribution in [3.05, 3.63) is 123 Å². The topological polar surface area (TPSA) is 131 Å². The maximum atomic E-state index is 12.1. The number of hydrogen-bond acceptors (Lipinski definition) is 9. The van der Waals surface area contributed by atoms with E-state index >= 15 is 0 Å². The van der Waals surface area contributed by atoms with Gasteiger partial charge in [-0.05, 0) is 17.2 Å². The lowest BCUT2D eigenvalue weighted by Crippen LogP contribution is -2.48. The maximum absolute atomic E-state index is 12.1. The summed E-state index contributed by atoms with van der Waals surface area (Å²) in [6, 6.07) is 26.4. The normalized spacial score (nSPS) is 13.9. The van der Waals surface area contributed by atoms with Crippen LogP contribution in [0.4, 0.5) is 28.7 Å². The first-order valence-electron chi connectivity index (χ1n) is 12.1. The highest BCUT2D eigenvalue weighted by Gasteiger charge is 2.32. The van der Waals surface area contributed by atoms with E-state index in [9.17, 15) is 20.2 Å². The largest absolute Gasteiger partial charge is 0.353 e. The maximum Gasteiger partial charge on any atom is 0.353 e. The zero-order chi connectivity index (χ0) is 26.5. The lowest BCUT2D eigenvalue weighted by atomic mass is 9.96. The van der Waals surface area contributed by atoms with Crippen LogP contribution in [0, 0.1) is 20.2 Å². The van der Waals surface area contributed by atoms with Crippen LogP contribution in [-0.2, 0) is 0 Å². The SMILES string of the molecule is O=[N+]([O-])c1cccc(Nc2ncnc(N3CCN(C(c4ccccc4)c4ccccc4)CC3)c2[N+](=O)[O-])c1. The minimum atomic E-state index is -0.525. The summed E-state index contributed by atoms with van der Waals surface area (Å²) in [4.78, 5) is 34.8. The summed E-state index contributed by atoms with van der Waals surface area (Å²) in [6.07, 6.45) is 1.27. The van der Waals surface area contributed by atoms with E-state index in [1.54, 1.807) is 6.07 Å². The van der Waals surface area contributed by atoms with E-state index < -0.39 is 9.85 Å². The van der Waals surface area contributed by atoms with Gasteiger partial charge in [0, 0.05) is 44.0 Å². The van der Waals surface area contributed by atoms with Gasteiger partial charge in [-0.3, -0.25) is 25.1 Å². The molecule has 1 N–H and O–H groups in total. The van der Waals surface area contributed by atoms with Gasteiger partial charge in [-0.1, -0.05) is 66.7 Å². The molecule has 11 nitrogen and oxygen atoms in total. The standard InChI is InChI=1S/C27H25N7O4/c35-33(36)23-13-7-12-22(18-23)30-26-25(34(37)38)27(29-19-28-26)32-16-14-31(15-17-32)24(20-8-3-1-4-9-20)21-10-5-2-6-11-21/h1-13,18-19,24H,14-17H2,(H,28,29,30). The predicted octanol–water partition coefficient (Wildman–Crippen LogP) is 4.95. The van der Waals surface area contributed by atoms with Crippen LogP contribution in [0.15, 0.2) is 91.3 Å². The molecule has 0 atom stereocenters. The molecule has 192 valence electrons. The average molecular weight is 512 g/mol. The minimum absolute atomic E-state index is 0.0191. The van der Waals surface area contributed by atoms with Crippen LogP contribution in [-0.4, -0.2) is 50.9 Å². The summed E-state index contributed by atoms with van der Waals surface area (Å²) in [5, 5.41) is 26.1. The van der Waals surface area contributed by atoms with Crippen molar-refractivity contribution in [1.29, 1.82) is 0 Å².